The van der Waals surface area contributed by atoms with Crippen LogP contribution in [0.25, 0.3) is 0 Å². The van der Waals surface area contributed by atoms with Gasteiger partial charge in [-0.15, -0.1) is 6.42 Å². The molecule has 92 valence electrons. The van der Waals surface area contributed by atoms with Crippen molar-refractivity contribution in [2.24, 2.45) is 0 Å². The van der Waals surface area contributed by atoms with Crippen LogP contribution in [0.2, 0.25) is 0 Å². The molecular weight excluding hydrogens is 236 g/mol. The molecule has 5 heteroatoms. The topological polar surface area (TPSA) is 58.2 Å². The number of para-hydroxylation sites is 1. The molecule has 1 atom stereocenters. The molecule has 0 aliphatic rings. The molecule has 0 aromatic heterocycles. The van der Waals surface area contributed by atoms with E-state index in [1.807, 2.05) is 0 Å². The average molecular weight is 252 g/mol. The minimum absolute atomic E-state index is 0.212. The Bertz CT molecular complexity index is 518. The SMILES string of the molecule is C#CC(C)Nc1ccccc1S(=O)(=O)NCC. The summed E-state index contributed by atoms with van der Waals surface area (Å²) in [5.41, 5.74) is 0.513. The summed E-state index contributed by atoms with van der Waals surface area (Å²) in [7, 11) is -3.48. The minimum Gasteiger partial charge on any atom is -0.371 e. The molecule has 2 N–H and O–H groups in total. The van der Waals surface area contributed by atoms with E-state index in [2.05, 4.69) is 16.0 Å². The highest BCUT2D eigenvalue weighted by atomic mass is 32.2. The van der Waals surface area contributed by atoms with Gasteiger partial charge in [0.25, 0.3) is 0 Å². The summed E-state index contributed by atoms with van der Waals surface area (Å²) in [5, 5.41) is 2.97. The Morgan fingerprint density at radius 3 is 2.65 bits per heavy atom. The lowest BCUT2D eigenvalue weighted by Crippen LogP contribution is -2.25. The van der Waals surface area contributed by atoms with Crippen LogP contribution in [-0.4, -0.2) is 21.0 Å². The predicted octanol–water partition coefficient (Wildman–Crippen LogP) is 1.42. The number of sulfonamides is 1. The summed E-state index contributed by atoms with van der Waals surface area (Å²) in [6.07, 6.45) is 5.26. The highest BCUT2D eigenvalue weighted by molar-refractivity contribution is 7.89. The van der Waals surface area contributed by atoms with Crippen molar-refractivity contribution in [3.63, 3.8) is 0 Å². The van der Waals surface area contributed by atoms with E-state index in [0.717, 1.165) is 0 Å². The van der Waals surface area contributed by atoms with Crippen molar-refractivity contribution in [2.45, 2.75) is 24.8 Å². The number of nitrogens with one attached hydrogen (secondary N) is 2. The Morgan fingerprint density at radius 1 is 1.41 bits per heavy atom. The zero-order chi connectivity index (χ0) is 12.9. The van der Waals surface area contributed by atoms with Crippen molar-refractivity contribution >= 4 is 15.7 Å². The molecule has 0 radical (unpaired) electrons. The number of terminal acetylenes is 1. The molecule has 0 spiro atoms. The van der Waals surface area contributed by atoms with E-state index < -0.39 is 10.0 Å². The molecule has 1 aromatic rings. The largest absolute Gasteiger partial charge is 0.371 e. The standard InChI is InChI=1S/C12H16N2O2S/c1-4-10(3)14-11-8-6-7-9-12(11)17(15,16)13-5-2/h1,6-10,13-14H,5H2,2-3H3. The molecule has 0 aliphatic heterocycles. The zero-order valence-corrected chi connectivity index (χ0v) is 10.7. The first kappa shape index (κ1) is 13.6. The Hall–Kier alpha value is -1.51. The monoisotopic (exact) mass is 252 g/mol. The molecule has 0 fully saturated rings. The number of hydrogen-bond donors (Lipinski definition) is 2. The molecule has 0 amide bonds. The van der Waals surface area contributed by atoms with E-state index in [4.69, 9.17) is 6.42 Å². The van der Waals surface area contributed by atoms with Crippen LogP contribution in [0.1, 0.15) is 13.8 Å². The van der Waals surface area contributed by atoms with Crippen molar-refractivity contribution < 1.29 is 8.42 Å². The Balaban J connectivity index is 3.13. The van der Waals surface area contributed by atoms with Crippen molar-refractivity contribution in [1.82, 2.24) is 4.72 Å². The van der Waals surface area contributed by atoms with Gasteiger partial charge in [0.2, 0.25) is 10.0 Å². The van der Waals surface area contributed by atoms with E-state index in [0.29, 0.717) is 12.2 Å². The van der Waals surface area contributed by atoms with Gasteiger partial charge in [-0.3, -0.25) is 0 Å². The van der Waals surface area contributed by atoms with Crippen LogP contribution in [0.15, 0.2) is 29.2 Å². The molecule has 4 nitrogen and oxygen atoms in total. The molecular formula is C12H16N2O2S. The summed E-state index contributed by atoms with van der Waals surface area (Å²) >= 11 is 0. The first-order valence-electron chi connectivity index (χ1n) is 5.32. The fraction of sp³-hybridized carbons (Fsp3) is 0.333. The first-order valence-corrected chi connectivity index (χ1v) is 6.81. The normalized spacial score (nSPS) is 12.8. The number of benzene rings is 1. The lowest BCUT2D eigenvalue weighted by atomic mass is 10.3. The van der Waals surface area contributed by atoms with Crippen molar-refractivity contribution in [3.8, 4) is 12.3 Å². The van der Waals surface area contributed by atoms with E-state index in [-0.39, 0.29) is 10.9 Å². The van der Waals surface area contributed by atoms with Gasteiger partial charge >= 0.3 is 0 Å². The van der Waals surface area contributed by atoms with E-state index in [1.165, 1.54) is 0 Å². The van der Waals surface area contributed by atoms with E-state index in [9.17, 15) is 8.42 Å². The number of hydrogen-bond acceptors (Lipinski definition) is 3. The lowest BCUT2D eigenvalue weighted by molar-refractivity contribution is 0.584. The Morgan fingerprint density at radius 2 is 2.06 bits per heavy atom. The van der Waals surface area contributed by atoms with Crippen LogP contribution in [0.3, 0.4) is 0 Å². The fourth-order valence-corrected chi connectivity index (χ4v) is 2.57. The zero-order valence-electron chi connectivity index (χ0n) is 9.90. The van der Waals surface area contributed by atoms with Crippen LogP contribution >= 0.6 is 0 Å². The van der Waals surface area contributed by atoms with Crippen molar-refractivity contribution in [2.75, 3.05) is 11.9 Å². The van der Waals surface area contributed by atoms with Gasteiger partial charge in [0.1, 0.15) is 4.90 Å². The van der Waals surface area contributed by atoms with Crippen molar-refractivity contribution in [1.29, 1.82) is 0 Å². The fourth-order valence-electron chi connectivity index (χ4n) is 1.36. The van der Waals surface area contributed by atoms with Gasteiger partial charge < -0.3 is 5.32 Å². The quantitative estimate of drug-likeness (QED) is 0.779. The van der Waals surface area contributed by atoms with Gasteiger partial charge in [-0.2, -0.15) is 0 Å². The molecule has 0 saturated carbocycles. The summed E-state index contributed by atoms with van der Waals surface area (Å²) in [6, 6.07) is 6.45. The van der Waals surface area contributed by atoms with Crippen LogP contribution in [0, 0.1) is 12.3 Å². The Labute approximate surface area is 102 Å². The first-order chi connectivity index (χ1) is 8.01. The number of anilines is 1. The van der Waals surface area contributed by atoms with Crippen LogP contribution in [-0.2, 0) is 10.0 Å². The van der Waals surface area contributed by atoms with Crippen LogP contribution < -0.4 is 10.0 Å². The van der Waals surface area contributed by atoms with E-state index >= 15 is 0 Å². The molecule has 0 aliphatic carbocycles. The maximum atomic E-state index is 11.9. The molecule has 0 bridgehead atoms. The second-order valence-electron chi connectivity index (χ2n) is 3.53. The third kappa shape index (κ3) is 3.48. The second-order valence-corrected chi connectivity index (χ2v) is 5.27. The smallest absolute Gasteiger partial charge is 0.242 e. The molecule has 17 heavy (non-hydrogen) atoms. The summed E-state index contributed by atoms with van der Waals surface area (Å²) in [6.45, 7) is 3.87. The van der Waals surface area contributed by atoms with Gasteiger partial charge in [-0.25, -0.2) is 13.1 Å². The molecule has 1 unspecified atom stereocenters. The maximum absolute atomic E-state index is 11.9. The summed E-state index contributed by atoms with van der Waals surface area (Å²) in [5.74, 6) is 2.50. The van der Waals surface area contributed by atoms with Gasteiger partial charge in [0.15, 0.2) is 0 Å². The Kier molecular flexibility index (Phi) is 4.55. The van der Waals surface area contributed by atoms with Gasteiger partial charge in [-0.1, -0.05) is 25.0 Å². The molecule has 0 heterocycles. The average Bonchev–Trinajstić information content (AvgIpc) is 2.29. The maximum Gasteiger partial charge on any atom is 0.242 e. The highest BCUT2D eigenvalue weighted by Crippen LogP contribution is 2.21. The van der Waals surface area contributed by atoms with Crippen LogP contribution in [0.4, 0.5) is 5.69 Å². The van der Waals surface area contributed by atoms with Crippen LogP contribution in [0.5, 0.6) is 0 Å². The number of rotatable bonds is 5. The summed E-state index contributed by atoms with van der Waals surface area (Å²) in [4.78, 5) is 0.212. The summed E-state index contributed by atoms with van der Waals surface area (Å²) < 4.78 is 26.3. The predicted molar refractivity (Wildman–Crippen MR) is 69.2 cm³/mol. The molecule has 1 aromatic carbocycles. The van der Waals surface area contributed by atoms with Gasteiger partial charge in [-0.05, 0) is 19.1 Å². The van der Waals surface area contributed by atoms with Gasteiger partial charge in [0, 0.05) is 6.54 Å². The van der Waals surface area contributed by atoms with Crippen molar-refractivity contribution in [3.05, 3.63) is 24.3 Å². The molecule has 0 saturated heterocycles. The minimum atomic E-state index is -3.48. The van der Waals surface area contributed by atoms with E-state index in [1.54, 1.807) is 38.1 Å². The third-order valence-electron chi connectivity index (χ3n) is 2.13. The van der Waals surface area contributed by atoms with Gasteiger partial charge in [0.05, 0.1) is 11.7 Å². The third-order valence-corrected chi connectivity index (χ3v) is 3.74. The second kappa shape index (κ2) is 5.71. The molecule has 1 rings (SSSR count). The highest BCUT2D eigenvalue weighted by Gasteiger charge is 2.17. The lowest BCUT2D eigenvalue weighted by Gasteiger charge is -2.14.